The van der Waals surface area contributed by atoms with E-state index in [9.17, 15) is 4.79 Å². The minimum atomic E-state index is 0.0498. The zero-order valence-electron chi connectivity index (χ0n) is 13.0. The zero-order valence-corrected chi connectivity index (χ0v) is 13.0. The van der Waals surface area contributed by atoms with Crippen molar-refractivity contribution in [3.05, 3.63) is 0 Å². The summed E-state index contributed by atoms with van der Waals surface area (Å²) in [7, 11) is 0. The van der Waals surface area contributed by atoms with Gasteiger partial charge in [-0.15, -0.1) is 0 Å². The lowest BCUT2D eigenvalue weighted by atomic mass is 9.97. The van der Waals surface area contributed by atoms with E-state index in [0.29, 0.717) is 17.9 Å². The van der Waals surface area contributed by atoms with E-state index in [2.05, 4.69) is 37.9 Å². The molecule has 2 aliphatic rings. The molecule has 2 rings (SSSR count). The van der Waals surface area contributed by atoms with Crippen LogP contribution in [-0.2, 0) is 4.79 Å². The Kier molecular flexibility index (Phi) is 4.88. The summed E-state index contributed by atoms with van der Waals surface area (Å²) < 4.78 is 0. The molecule has 0 bridgehead atoms. The third-order valence-corrected chi connectivity index (χ3v) is 4.90. The van der Waals surface area contributed by atoms with Crippen LogP contribution < -0.4 is 5.32 Å². The fourth-order valence-corrected chi connectivity index (χ4v) is 3.82. The van der Waals surface area contributed by atoms with Crippen molar-refractivity contribution in [1.29, 1.82) is 0 Å². The van der Waals surface area contributed by atoms with Gasteiger partial charge in [0.2, 0.25) is 5.91 Å². The van der Waals surface area contributed by atoms with Crippen molar-refractivity contribution in [3.8, 4) is 0 Å². The summed E-state index contributed by atoms with van der Waals surface area (Å²) in [6, 6.07) is 0.457. The first-order valence-corrected chi connectivity index (χ1v) is 8.12. The van der Waals surface area contributed by atoms with Crippen molar-refractivity contribution in [2.24, 2.45) is 11.8 Å². The van der Waals surface area contributed by atoms with Gasteiger partial charge in [0, 0.05) is 6.04 Å². The Morgan fingerprint density at radius 2 is 1.89 bits per heavy atom. The largest absolute Gasteiger partial charge is 0.323 e. The molecule has 3 atom stereocenters. The predicted molar refractivity (Wildman–Crippen MR) is 78.7 cm³/mol. The Balaban J connectivity index is 2.06. The van der Waals surface area contributed by atoms with Crippen LogP contribution >= 0.6 is 0 Å². The lowest BCUT2D eigenvalue weighted by molar-refractivity contribution is -0.133. The predicted octanol–water partition coefficient (Wildman–Crippen LogP) is 3.15. The molecule has 0 aromatic heterocycles. The number of amides is 1. The number of rotatable bonds is 5. The number of hydrogen-bond donors (Lipinski definition) is 1. The van der Waals surface area contributed by atoms with Crippen LogP contribution in [0.25, 0.3) is 0 Å². The minimum Gasteiger partial charge on any atom is -0.323 e. The molecule has 1 amide bonds. The summed E-state index contributed by atoms with van der Waals surface area (Å²) in [5, 5.41) is 3.55. The maximum Gasteiger partial charge on any atom is 0.241 e. The topological polar surface area (TPSA) is 32.3 Å². The van der Waals surface area contributed by atoms with Crippen LogP contribution in [-0.4, -0.2) is 29.1 Å². The van der Waals surface area contributed by atoms with Crippen molar-refractivity contribution in [3.63, 3.8) is 0 Å². The second-order valence-corrected chi connectivity index (χ2v) is 6.80. The number of hydrogen-bond acceptors (Lipinski definition) is 2. The maximum absolute atomic E-state index is 12.7. The van der Waals surface area contributed by atoms with Crippen molar-refractivity contribution in [2.45, 2.75) is 84.5 Å². The van der Waals surface area contributed by atoms with E-state index >= 15 is 0 Å². The van der Waals surface area contributed by atoms with Crippen LogP contribution in [0.3, 0.4) is 0 Å². The van der Waals surface area contributed by atoms with Crippen LogP contribution in [0, 0.1) is 11.8 Å². The van der Waals surface area contributed by atoms with Crippen molar-refractivity contribution in [1.82, 2.24) is 10.2 Å². The van der Waals surface area contributed by atoms with Gasteiger partial charge in [-0.05, 0) is 44.4 Å². The molecule has 3 heteroatoms. The highest BCUT2D eigenvalue weighted by Crippen LogP contribution is 2.33. The Hall–Kier alpha value is -0.570. The summed E-state index contributed by atoms with van der Waals surface area (Å²) in [5.74, 6) is 1.64. The molecule has 1 aliphatic heterocycles. The monoisotopic (exact) mass is 266 g/mol. The molecule has 2 fully saturated rings. The second-order valence-electron chi connectivity index (χ2n) is 6.80. The number of nitrogens with zero attached hydrogens (tertiary/aromatic N) is 1. The van der Waals surface area contributed by atoms with E-state index < -0.39 is 0 Å². The van der Waals surface area contributed by atoms with E-state index in [1.54, 1.807) is 0 Å². The Morgan fingerprint density at radius 1 is 1.26 bits per heavy atom. The zero-order chi connectivity index (χ0) is 14.0. The van der Waals surface area contributed by atoms with Gasteiger partial charge >= 0.3 is 0 Å². The van der Waals surface area contributed by atoms with E-state index in [-0.39, 0.29) is 12.2 Å². The molecule has 19 heavy (non-hydrogen) atoms. The third-order valence-electron chi connectivity index (χ3n) is 4.90. The molecule has 0 aromatic carbocycles. The first-order chi connectivity index (χ1) is 9.04. The van der Waals surface area contributed by atoms with Gasteiger partial charge in [0.1, 0.15) is 0 Å². The van der Waals surface area contributed by atoms with Gasteiger partial charge in [0.25, 0.3) is 0 Å². The van der Waals surface area contributed by atoms with Crippen molar-refractivity contribution < 1.29 is 4.79 Å². The summed E-state index contributed by atoms with van der Waals surface area (Å²) in [6.45, 7) is 8.82. The summed E-state index contributed by atoms with van der Waals surface area (Å²) >= 11 is 0. The molecular weight excluding hydrogens is 236 g/mol. The van der Waals surface area contributed by atoms with E-state index in [0.717, 1.165) is 18.8 Å². The van der Waals surface area contributed by atoms with Crippen LogP contribution in [0.2, 0.25) is 0 Å². The molecule has 3 unspecified atom stereocenters. The fourth-order valence-electron chi connectivity index (χ4n) is 3.82. The molecule has 3 nitrogen and oxygen atoms in total. The average molecular weight is 266 g/mol. The number of nitrogens with one attached hydrogen (secondary N) is 1. The van der Waals surface area contributed by atoms with Gasteiger partial charge in [-0.25, -0.2) is 0 Å². The standard InChI is InChI=1S/C16H30N2O/c1-5-15-17-14(10-11(2)3)16(19)18(15)12(4)13-8-6-7-9-13/h11-15,17H,5-10H2,1-4H3. The smallest absolute Gasteiger partial charge is 0.241 e. The van der Waals surface area contributed by atoms with Crippen LogP contribution in [0.1, 0.15) is 66.2 Å². The second kappa shape index (κ2) is 6.25. The van der Waals surface area contributed by atoms with Gasteiger partial charge in [0.05, 0.1) is 12.2 Å². The Morgan fingerprint density at radius 3 is 2.42 bits per heavy atom. The van der Waals surface area contributed by atoms with E-state index in [4.69, 9.17) is 0 Å². The van der Waals surface area contributed by atoms with E-state index in [1.807, 2.05) is 0 Å². The first kappa shape index (κ1) is 14.8. The maximum atomic E-state index is 12.7. The summed E-state index contributed by atoms with van der Waals surface area (Å²) in [4.78, 5) is 14.8. The first-order valence-electron chi connectivity index (χ1n) is 8.12. The highest BCUT2D eigenvalue weighted by molar-refractivity contribution is 5.84. The number of carbonyl (C=O) groups is 1. The summed E-state index contributed by atoms with van der Waals surface area (Å²) in [5.41, 5.74) is 0. The van der Waals surface area contributed by atoms with Gasteiger partial charge in [-0.2, -0.15) is 0 Å². The quantitative estimate of drug-likeness (QED) is 0.829. The molecule has 1 aliphatic carbocycles. The molecular formula is C16H30N2O. The summed E-state index contributed by atoms with van der Waals surface area (Å²) in [6.07, 6.45) is 7.52. The van der Waals surface area contributed by atoms with Gasteiger partial charge in [0.15, 0.2) is 0 Å². The molecule has 110 valence electrons. The third kappa shape index (κ3) is 3.13. The SMILES string of the molecule is CCC1NC(CC(C)C)C(=O)N1C(C)C1CCCC1. The average Bonchev–Trinajstić information content (AvgIpc) is 2.97. The highest BCUT2D eigenvalue weighted by atomic mass is 16.2. The van der Waals surface area contributed by atoms with Crippen LogP contribution in [0.15, 0.2) is 0 Å². The number of carbonyl (C=O) groups excluding carboxylic acids is 1. The lowest BCUT2D eigenvalue weighted by Crippen LogP contribution is -2.45. The highest BCUT2D eigenvalue weighted by Gasteiger charge is 2.42. The molecule has 1 heterocycles. The molecule has 0 aromatic rings. The Bertz CT molecular complexity index is 310. The minimum absolute atomic E-state index is 0.0498. The molecule has 1 saturated heterocycles. The van der Waals surface area contributed by atoms with Gasteiger partial charge in [-0.3, -0.25) is 10.1 Å². The Labute approximate surface area is 118 Å². The molecule has 0 spiro atoms. The molecule has 0 radical (unpaired) electrons. The van der Waals surface area contributed by atoms with Gasteiger partial charge in [-0.1, -0.05) is 33.6 Å². The fraction of sp³-hybridized carbons (Fsp3) is 0.938. The van der Waals surface area contributed by atoms with Crippen LogP contribution in [0.4, 0.5) is 0 Å². The van der Waals surface area contributed by atoms with Gasteiger partial charge < -0.3 is 4.90 Å². The normalized spacial score (nSPS) is 30.6. The van der Waals surface area contributed by atoms with Crippen molar-refractivity contribution in [2.75, 3.05) is 0 Å². The van der Waals surface area contributed by atoms with Crippen molar-refractivity contribution >= 4 is 5.91 Å². The van der Waals surface area contributed by atoms with Crippen LogP contribution in [0.5, 0.6) is 0 Å². The van der Waals surface area contributed by atoms with E-state index in [1.165, 1.54) is 25.7 Å². The molecule has 1 saturated carbocycles. The molecule has 1 N–H and O–H groups in total. The lowest BCUT2D eigenvalue weighted by Gasteiger charge is -2.33.